The van der Waals surface area contributed by atoms with Crippen LogP contribution in [0.5, 0.6) is 0 Å². The van der Waals surface area contributed by atoms with Crippen molar-refractivity contribution < 1.29 is 13.6 Å². The lowest BCUT2D eigenvalue weighted by molar-refractivity contribution is -0.116. The van der Waals surface area contributed by atoms with Crippen molar-refractivity contribution >= 4 is 17.3 Å². The van der Waals surface area contributed by atoms with Crippen molar-refractivity contribution in [1.82, 2.24) is 5.32 Å². The summed E-state index contributed by atoms with van der Waals surface area (Å²) in [5.41, 5.74) is -1.42. The van der Waals surface area contributed by atoms with E-state index in [1.807, 2.05) is 46.8 Å². The van der Waals surface area contributed by atoms with Gasteiger partial charge in [0, 0.05) is 17.5 Å². The second-order valence-electron chi connectivity index (χ2n) is 9.57. The Labute approximate surface area is 191 Å². The Hall–Kier alpha value is -3.16. The minimum absolute atomic E-state index is 0.0281. The Bertz CT molecular complexity index is 1230. The third-order valence-electron chi connectivity index (χ3n) is 7.10. The molecule has 4 rings (SSSR count). The largest absolute Gasteiger partial charge is 0.464 e. The Kier molecular flexibility index (Phi) is 5.80. The van der Waals surface area contributed by atoms with Crippen LogP contribution >= 0.6 is 0 Å². The molecule has 0 radical (unpaired) electrons. The van der Waals surface area contributed by atoms with Gasteiger partial charge in [-0.15, -0.1) is 0 Å². The predicted molar refractivity (Wildman–Crippen MR) is 125 cm³/mol. The molecular weight excluding hydrogens is 425 g/mol. The molecule has 0 spiro atoms. The highest BCUT2D eigenvalue weighted by molar-refractivity contribution is 5.99. The molecule has 176 valence electrons. The molecule has 2 aromatic rings. The van der Waals surface area contributed by atoms with Crippen LogP contribution in [0.3, 0.4) is 0 Å². The highest BCUT2D eigenvalue weighted by Crippen LogP contribution is 2.42. The van der Waals surface area contributed by atoms with Crippen LogP contribution in [0, 0.1) is 18.3 Å². The number of furan rings is 1. The van der Waals surface area contributed by atoms with Crippen molar-refractivity contribution in [2.45, 2.75) is 66.0 Å². The molecule has 8 heteroatoms. The number of carbonyl (C=O) groups excluding carboxylic acids is 1. The molecule has 1 aliphatic carbocycles. The smallest absolute Gasteiger partial charge is 0.253 e. The van der Waals surface area contributed by atoms with Gasteiger partial charge in [0.2, 0.25) is 5.91 Å². The summed E-state index contributed by atoms with van der Waals surface area (Å²) in [6.07, 6.45) is 3.32. The number of hydrogen-bond acceptors (Lipinski definition) is 6. The third-order valence-corrected chi connectivity index (χ3v) is 7.10. The zero-order valence-electron chi connectivity index (χ0n) is 19.6. The number of halogens is 1. The molecule has 0 bridgehead atoms. The van der Waals surface area contributed by atoms with Gasteiger partial charge in [-0.25, -0.2) is 4.39 Å². The van der Waals surface area contributed by atoms with Gasteiger partial charge in [0.25, 0.3) is 10.9 Å². The van der Waals surface area contributed by atoms with Crippen molar-refractivity contribution in [1.29, 1.82) is 0 Å². The highest BCUT2D eigenvalue weighted by Gasteiger charge is 2.42. The van der Waals surface area contributed by atoms with E-state index in [1.54, 1.807) is 0 Å². The molecule has 3 atom stereocenters. The number of nitrogens with one attached hydrogen (secondary N) is 3. The van der Waals surface area contributed by atoms with Gasteiger partial charge in [0.1, 0.15) is 28.7 Å². The average Bonchev–Trinajstić information content (AvgIpc) is 3.36. The molecule has 2 heterocycles. The number of amides is 1. The summed E-state index contributed by atoms with van der Waals surface area (Å²) in [4.78, 5) is 37.6. The first-order valence-corrected chi connectivity index (χ1v) is 11.4. The maximum Gasteiger partial charge on any atom is 0.253 e. The molecule has 1 amide bonds. The highest BCUT2D eigenvalue weighted by atomic mass is 19.1. The Morgan fingerprint density at radius 3 is 2.48 bits per heavy atom. The van der Waals surface area contributed by atoms with Gasteiger partial charge in [-0.3, -0.25) is 14.4 Å². The molecule has 1 aromatic carbocycles. The quantitative estimate of drug-likeness (QED) is 0.516. The summed E-state index contributed by atoms with van der Waals surface area (Å²) in [6.45, 7) is 9.90. The Balaban J connectivity index is 1.71. The molecule has 2 unspecified atom stereocenters. The van der Waals surface area contributed by atoms with E-state index in [0.29, 0.717) is 24.2 Å². The molecule has 33 heavy (non-hydrogen) atoms. The van der Waals surface area contributed by atoms with Gasteiger partial charge in [-0.2, -0.15) is 0 Å². The maximum absolute atomic E-state index is 14.8. The number of allylic oxidation sites excluding steroid dienone is 2. The summed E-state index contributed by atoms with van der Waals surface area (Å²) < 4.78 is 20.7. The third kappa shape index (κ3) is 3.81. The summed E-state index contributed by atoms with van der Waals surface area (Å²) >= 11 is 0. The number of hydrogen-bond donors (Lipinski definition) is 3. The zero-order chi connectivity index (χ0) is 24.1. The van der Waals surface area contributed by atoms with Crippen LogP contribution in [0.15, 0.2) is 49.3 Å². The van der Waals surface area contributed by atoms with Crippen LogP contribution in [0.4, 0.5) is 15.8 Å². The predicted octanol–water partition coefficient (Wildman–Crippen LogP) is 4.22. The molecule has 3 N–H and O–H groups in total. The monoisotopic (exact) mass is 455 g/mol. The molecule has 1 fully saturated rings. The second kappa shape index (κ2) is 8.32. The lowest BCUT2D eigenvalue weighted by Gasteiger charge is -2.34. The average molecular weight is 456 g/mol. The normalized spacial score (nSPS) is 21.6. The van der Waals surface area contributed by atoms with Gasteiger partial charge >= 0.3 is 0 Å². The summed E-state index contributed by atoms with van der Waals surface area (Å²) in [5, 5.41) is 8.88. The van der Waals surface area contributed by atoms with E-state index in [2.05, 4.69) is 16.0 Å². The molecule has 1 aromatic heterocycles. The zero-order valence-corrected chi connectivity index (χ0v) is 19.6. The van der Waals surface area contributed by atoms with E-state index in [1.165, 1.54) is 6.08 Å². The molecular formula is C25H30FN3O4. The summed E-state index contributed by atoms with van der Waals surface area (Å²) in [5.74, 6) is 0.258. The maximum atomic E-state index is 14.8. The van der Waals surface area contributed by atoms with Crippen LogP contribution in [0.25, 0.3) is 0 Å². The molecule has 1 aliphatic heterocycles. The number of aryl methyl sites for hydroxylation is 1. The summed E-state index contributed by atoms with van der Waals surface area (Å²) in [6, 6.07) is 3.21. The molecule has 1 saturated heterocycles. The minimum Gasteiger partial charge on any atom is -0.464 e. The number of anilines is 2. The fraction of sp³-hybridized carbons (Fsp3) is 0.480. The second-order valence-corrected chi connectivity index (χ2v) is 9.57. The number of fused-ring (bicyclic) bond motifs is 1. The lowest BCUT2D eigenvalue weighted by Crippen LogP contribution is -2.40. The first-order valence-electron chi connectivity index (χ1n) is 11.4. The van der Waals surface area contributed by atoms with Crippen LogP contribution in [0.1, 0.15) is 64.5 Å². The van der Waals surface area contributed by atoms with Crippen molar-refractivity contribution in [3.63, 3.8) is 0 Å². The summed E-state index contributed by atoms with van der Waals surface area (Å²) in [7, 11) is 0. The van der Waals surface area contributed by atoms with Crippen LogP contribution in [0.2, 0.25) is 0 Å². The number of rotatable bonds is 8. The van der Waals surface area contributed by atoms with Crippen molar-refractivity contribution in [3.05, 3.63) is 67.3 Å². The van der Waals surface area contributed by atoms with E-state index >= 15 is 0 Å². The van der Waals surface area contributed by atoms with Gasteiger partial charge in [0.15, 0.2) is 0 Å². The van der Waals surface area contributed by atoms with Crippen LogP contribution < -0.4 is 26.8 Å². The first kappa shape index (κ1) is 23.0. The molecule has 7 nitrogen and oxygen atoms in total. The van der Waals surface area contributed by atoms with Crippen LogP contribution in [-0.4, -0.2) is 11.9 Å². The fourth-order valence-corrected chi connectivity index (χ4v) is 4.65. The van der Waals surface area contributed by atoms with Crippen molar-refractivity contribution in [3.8, 4) is 0 Å². The van der Waals surface area contributed by atoms with E-state index in [4.69, 9.17) is 4.42 Å². The number of carbonyl (C=O) groups is 1. The Morgan fingerprint density at radius 2 is 1.88 bits per heavy atom. The van der Waals surface area contributed by atoms with Gasteiger partial charge in [-0.05, 0) is 49.8 Å². The van der Waals surface area contributed by atoms with E-state index in [9.17, 15) is 18.8 Å². The molecule has 2 aliphatic rings. The van der Waals surface area contributed by atoms with E-state index < -0.39 is 22.7 Å². The topological polar surface area (TPSA) is 100 Å². The van der Waals surface area contributed by atoms with Crippen molar-refractivity contribution in [2.24, 2.45) is 11.3 Å². The van der Waals surface area contributed by atoms with Gasteiger partial charge in [-0.1, -0.05) is 27.7 Å². The lowest BCUT2D eigenvalue weighted by atomic mass is 9.80. The van der Waals surface area contributed by atoms with E-state index in [0.717, 1.165) is 12.2 Å². The van der Waals surface area contributed by atoms with Crippen molar-refractivity contribution in [2.75, 3.05) is 10.6 Å². The standard InChI is InChI=1S/C25H30FN3O4/c1-6-15-13-9-10-14(26)18(17(13)24(32)27-15)28-19-20(22(31)21(19)30)29-23(25(4,5)7-2)16-11-8-12(3)33-16/h8,10-11,13,15,23,28-29H,6-7,9H2,1-5H3,(H,27,32)/t13?,15?,23-/m0/s1. The fourth-order valence-electron chi connectivity index (χ4n) is 4.65. The van der Waals surface area contributed by atoms with Gasteiger partial charge in [0.05, 0.1) is 11.7 Å². The van der Waals surface area contributed by atoms with Crippen LogP contribution in [-0.2, 0) is 4.79 Å². The van der Waals surface area contributed by atoms with Gasteiger partial charge < -0.3 is 20.4 Å². The Morgan fingerprint density at radius 1 is 1.18 bits per heavy atom. The molecule has 0 saturated carbocycles. The minimum atomic E-state index is -0.741. The van der Waals surface area contributed by atoms with E-state index in [-0.39, 0.29) is 40.4 Å². The first-order chi connectivity index (χ1) is 15.6. The SMILES string of the molecule is CCC1NC(=O)C2=C(Nc3c(N[C@@H](c4ccc(C)o4)C(C)(C)CC)c(=O)c3=O)C(F)=CCC21.